The molecule has 0 amide bonds. The smallest absolute Gasteiger partial charge is 0.118 e. The van der Waals surface area contributed by atoms with Gasteiger partial charge in [0.2, 0.25) is 0 Å². The van der Waals surface area contributed by atoms with Crippen molar-refractivity contribution in [1.29, 1.82) is 0 Å². The molecule has 19 heavy (non-hydrogen) atoms. The van der Waals surface area contributed by atoms with Gasteiger partial charge >= 0.3 is 0 Å². The van der Waals surface area contributed by atoms with Crippen molar-refractivity contribution in [3.8, 4) is 5.75 Å². The van der Waals surface area contributed by atoms with E-state index in [-0.39, 0.29) is 0 Å². The van der Waals surface area contributed by atoms with E-state index in [1.54, 1.807) is 7.11 Å². The molecule has 0 N–H and O–H groups in total. The molecule has 0 bridgehead atoms. The molecule has 0 aliphatic heterocycles. The number of benzene rings is 1. The van der Waals surface area contributed by atoms with Gasteiger partial charge in [-0.25, -0.2) is 0 Å². The van der Waals surface area contributed by atoms with E-state index in [1.807, 2.05) is 24.4 Å². The van der Waals surface area contributed by atoms with E-state index >= 15 is 0 Å². The molecule has 1 heterocycles. The van der Waals surface area contributed by atoms with Crippen LogP contribution in [0, 0.1) is 0 Å². The summed E-state index contributed by atoms with van der Waals surface area (Å²) in [5, 5.41) is 0. The second kappa shape index (κ2) is 6.37. The first-order chi connectivity index (χ1) is 9.26. The first-order valence-electron chi connectivity index (χ1n) is 6.81. The highest BCUT2D eigenvalue weighted by Crippen LogP contribution is 2.34. The number of aromatic nitrogens is 1. The van der Waals surface area contributed by atoms with Gasteiger partial charge in [0, 0.05) is 17.8 Å². The molecule has 0 saturated carbocycles. The average Bonchev–Trinajstić information content (AvgIpc) is 2.49. The average molecular weight is 255 g/mol. The van der Waals surface area contributed by atoms with Gasteiger partial charge in [0.05, 0.1) is 7.11 Å². The summed E-state index contributed by atoms with van der Waals surface area (Å²) >= 11 is 0. The van der Waals surface area contributed by atoms with Gasteiger partial charge in [0.25, 0.3) is 0 Å². The Labute approximate surface area is 115 Å². The molecule has 0 saturated heterocycles. The third kappa shape index (κ3) is 3.14. The molecular formula is C17H21NO. The van der Waals surface area contributed by atoms with E-state index in [2.05, 4.69) is 43.1 Å². The van der Waals surface area contributed by atoms with Crippen LogP contribution in [0.1, 0.15) is 43.4 Å². The molecule has 100 valence electrons. The normalized spacial score (nSPS) is 13.8. The lowest BCUT2D eigenvalue weighted by atomic mass is 9.83. The van der Waals surface area contributed by atoms with Crippen LogP contribution in [0.4, 0.5) is 0 Å². The molecule has 2 atom stereocenters. The lowest BCUT2D eigenvalue weighted by Crippen LogP contribution is -2.09. The maximum Gasteiger partial charge on any atom is 0.118 e. The minimum atomic E-state index is 0.416. The summed E-state index contributed by atoms with van der Waals surface area (Å²) < 4.78 is 5.22. The second-order valence-corrected chi connectivity index (χ2v) is 4.83. The van der Waals surface area contributed by atoms with Crippen molar-refractivity contribution >= 4 is 0 Å². The van der Waals surface area contributed by atoms with Gasteiger partial charge in [-0.05, 0) is 42.2 Å². The fraction of sp³-hybridized carbons (Fsp3) is 0.353. The Balaban J connectivity index is 2.23. The molecule has 0 unspecified atom stereocenters. The Kier molecular flexibility index (Phi) is 4.56. The van der Waals surface area contributed by atoms with Crippen LogP contribution >= 0.6 is 0 Å². The van der Waals surface area contributed by atoms with E-state index in [0.717, 1.165) is 17.9 Å². The van der Waals surface area contributed by atoms with Crippen molar-refractivity contribution in [2.24, 2.45) is 0 Å². The lowest BCUT2D eigenvalue weighted by Gasteiger charge is -2.23. The van der Waals surface area contributed by atoms with Gasteiger partial charge in [0.1, 0.15) is 5.75 Å². The van der Waals surface area contributed by atoms with E-state index in [1.165, 1.54) is 5.56 Å². The first-order valence-corrected chi connectivity index (χ1v) is 6.81. The zero-order chi connectivity index (χ0) is 13.7. The number of methoxy groups -OCH3 is 1. The monoisotopic (exact) mass is 255 g/mol. The van der Waals surface area contributed by atoms with Crippen LogP contribution < -0.4 is 4.74 Å². The molecule has 0 spiro atoms. The highest BCUT2D eigenvalue weighted by atomic mass is 16.5. The topological polar surface area (TPSA) is 22.1 Å². The third-order valence-electron chi connectivity index (χ3n) is 3.74. The molecule has 2 heteroatoms. The Hall–Kier alpha value is -1.83. The summed E-state index contributed by atoms with van der Waals surface area (Å²) in [4.78, 5) is 4.48. The van der Waals surface area contributed by atoms with Crippen LogP contribution in [-0.2, 0) is 0 Å². The summed E-state index contributed by atoms with van der Waals surface area (Å²) in [5.74, 6) is 1.81. The van der Waals surface area contributed by atoms with Crippen LogP contribution in [0.2, 0.25) is 0 Å². The molecule has 0 fully saturated rings. The molecule has 1 aromatic heterocycles. The summed E-state index contributed by atoms with van der Waals surface area (Å²) in [6.45, 7) is 4.48. The van der Waals surface area contributed by atoms with Crippen molar-refractivity contribution in [2.75, 3.05) is 7.11 Å². The fourth-order valence-electron chi connectivity index (χ4n) is 2.58. The molecule has 2 aromatic rings. The predicted molar refractivity (Wildman–Crippen MR) is 78.7 cm³/mol. The SMILES string of the molecule is CC[C@H](c1ccc(OC)cc1)[C@@H](C)c1ccccn1. The summed E-state index contributed by atoms with van der Waals surface area (Å²) in [6, 6.07) is 14.5. The van der Waals surface area contributed by atoms with Gasteiger partial charge in [-0.15, -0.1) is 0 Å². The molecule has 0 aliphatic carbocycles. The largest absolute Gasteiger partial charge is 0.497 e. The fourth-order valence-corrected chi connectivity index (χ4v) is 2.58. The molecule has 2 nitrogen and oxygen atoms in total. The van der Waals surface area contributed by atoms with Crippen LogP contribution in [0.25, 0.3) is 0 Å². The Morgan fingerprint density at radius 3 is 2.37 bits per heavy atom. The zero-order valence-corrected chi connectivity index (χ0v) is 11.8. The highest BCUT2D eigenvalue weighted by molar-refractivity contribution is 5.31. The number of ether oxygens (including phenoxy) is 1. The maximum absolute atomic E-state index is 5.22. The zero-order valence-electron chi connectivity index (χ0n) is 11.8. The first kappa shape index (κ1) is 13.6. The predicted octanol–water partition coefficient (Wildman–Crippen LogP) is 4.39. The highest BCUT2D eigenvalue weighted by Gasteiger charge is 2.20. The van der Waals surface area contributed by atoms with Crippen molar-refractivity contribution in [1.82, 2.24) is 4.98 Å². The van der Waals surface area contributed by atoms with Crippen LogP contribution in [-0.4, -0.2) is 12.1 Å². The number of hydrogen-bond donors (Lipinski definition) is 0. The molecular weight excluding hydrogens is 234 g/mol. The number of pyridine rings is 1. The summed E-state index contributed by atoms with van der Waals surface area (Å²) in [6.07, 6.45) is 2.97. The number of nitrogens with zero attached hydrogens (tertiary/aromatic N) is 1. The van der Waals surface area contributed by atoms with Crippen LogP contribution in [0.5, 0.6) is 5.75 Å². The van der Waals surface area contributed by atoms with Gasteiger partial charge < -0.3 is 4.74 Å². The van der Waals surface area contributed by atoms with Crippen molar-refractivity contribution in [2.45, 2.75) is 32.1 Å². The summed E-state index contributed by atoms with van der Waals surface area (Å²) in [7, 11) is 1.70. The van der Waals surface area contributed by atoms with Gasteiger partial charge in [-0.2, -0.15) is 0 Å². The van der Waals surface area contributed by atoms with Gasteiger partial charge in [-0.1, -0.05) is 32.0 Å². The Morgan fingerprint density at radius 1 is 1.11 bits per heavy atom. The number of hydrogen-bond acceptors (Lipinski definition) is 2. The second-order valence-electron chi connectivity index (χ2n) is 4.83. The third-order valence-corrected chi connectivity index (χ3v) is 3.74. The van der Waals surface area contributed by atoms with E-state index in [9.17, 15) is 0 Å². The van der Waals surface area contributed by atoms with Gasteiger partial charge in [0.15, 0.2) is 0 Å². The quantitative estimate of drug-likeness (QED) is 0.790. The van der Waals surface area contributed by atoms with Crippen LogP contribution in [0.15, 0.2) is 48.7 Å². The minimum Gasteiger partial charge on any atom is -0.497 e. The molecule has 0 radical (unpaired) electrons. The summed E-state index contributed by atoms with van der Waals surface area (Å²) in [5.41, 5.74) is 2.51. The van der Waals surface area contributed by atoms with Crippen molar-refractivity contribution in [3.63, 3.8) is 0 Å². The molecule has 2 rings (SSSR count). The number of rotatable bonds is 5. The standard InChI is InChI=1S/C17H21NO/c1-4-16(13(2)17-7-5-6-12-18-17)14-8-10-15(19-3)11-9-14/h5-13,16H,4H2,1-3H3/t13-,16+/m1/s1. The Bertz CT molecular complexity index is 492. The van der Waals surface area contributed by atoms with E-state index in [0.29, 0.717) is 11.8 Å². The maximum atomic E-state index is 5.22. The molecule has 0 aliphatic rings. The van der Waals surface area contributed by atoms with E-state index in [4.69, 9.17) is 4.74 Å². The van der Waals surface area contributed by atoms with Gasteiger partial charge in [-0.3, -0.25) is 4.98 Å². The lowest BCUT2D eigenvalue weighted by molar-refractivity contribution is 0.414. The van der Waals surface area contributed by atoms with Crippen molar-refractivity contribution < 1.29 is 4.74 Å². The van der Waals surface area contributed by atoms with E-state index < -0.39 is 0 Å². The van der Waals surface area contributed by atoms with Crippen LogP contribution in [0.3, 0.4) is 0 Å². The minimum absolute atomic E-state index is 0.416. The Morgan fingerprint density at radius 2 is 1.84 bits per heavy atom. The van der Waals surface area contributed by atoms with Crippen molar-refractivity contribution in [3.05, 3.63) is 59.9 Å². The molecule has 1 aromatic carbocycles.